The van der Waals surface area contributed by atoms with E-state index in [1.807, 2.05) is 5.57 Å². The lowest BCUT2D eigenvalue weighted by atomic mass is 9.68. The minimum Gasteiger partial charge on any atom is -0.299 e. The summed E-state index contributed by atoms with van der Waals surface area (Å²) in [7, 11) is 0. The Bertz CT molecular complexity index is 402. The van der Waals surface area contributed by atoms with Crippen molar-refractivity contribution >= 4 is 0 Å². The van der Waals surface area contributed by atoms with Crippen LogP contribution in [0.5, 0.6) is 0 Å². The third-order valence-electron chi connectivity index (χ3n) is 6.56. The third-order valence-corrected chi connectivity index (χ3v) is 6.56. The highest BCUT2D eigenvalue weighted by Gasteiger charge is 2.45. The molecule has 0 unspecified atom stereocenters. The van der Waals surface area contributed by atoms with Crippen molar-refractivity contribution in [2.75, 3.05) is 26.2 Å². The fourth-order valence-corrected chi connectivity index (χ4v) is 5.70. The zero-order valence-corrected chi connectivity index (χ0v) is 13.8. The van der Waals surface area contributed by atoms with Crippen LogP contribution in [0, 0.1) is 11.8 Å². The Morgan fingerprint density at radius 1 is 1.19 bits per heavy atom. The summed E-state index contributed by atoms with van der Waals surface area (Å²) >= 11 is 0. The Labute approximate surface area is 130 Å². The van der Waals surface area contributed by atoms with Crippen molar-refractivity contribution in [1.82, 2.24) is 9.80 Å². The third kappa shape index (κ3) is 2.59. The summed E-state index contributed by atoms with van der Waals surface area (Å²) in [6, 6.07) is 1.71. The van der Waals surface area contributed by atoms with Crippen molar-refractivity contribution in [2.45, 2.75) is 70.4 Å². The van der Waals surface area contributed by atoms with Crippen LogP contribution in [0.1, 0.15) is 58.3 Å². The van der Waals surface area contributed by atoms with Gasteiger partial charge in [-0.2, -0.15) is 0 Å². The lowest BCUT2D eigenvalue weighted by Gasteiger charge is -2.54. The second-order valence-electron chi connectivity index (χ2n) is 7.90. The monoisotopic (exact) mass is 288 g/mol. The van der Waals surface area contributed by atoms with Gasteiger partial charge in [0, 0.05) is 18.6 Å². The van der Waals surface area contributed by atoms with E-state index in [4.69, 9.17) is 0 Å². The van der Waals surface area contributed by atoms with Crippen LogP contribution in [0.4, 0.5) is 0 Å². The van der Waals surface area contributed by atoms with Crippen LogP contribution in [0.3, 0.4) is 0 Å². The molecule has 0 radical (unpaired) electrons. The Kier molecular flexibility index (Phi) is 4.10. The van der Waals surface area contributed by atoms with E-state index in [9.17, 15) is 0 Å². The van der Waals surface area contributed by atoms with Gasteiger partial charge in [0.15, 0.2) is 0 Å². The van der Waals surface area contributed by atoms with Crippen LogP contribution in [0.25, 0.3) is 0 Å². The molecular weight excluding hydrogens is 256 g/mol. The summed E-state index contributed by atoms with van der Waals surface area (Å²) in [5.74, 6) is 1.82. The maximum Gasteiger partial charge on any atom is 0.0348 e. The molecule has 4 aliphatic rings. The van der Waals surface area contributed by atoms with E-state index in [0.29, 0.717) is 0 Å². The molecule has 0 spiro atoms. The highest BCUT2D eigenvalue weighted by atomic mass is 15.2. The molecule has 21 heavy (non-hydrogen) atoms. The number of likely N-dealkylation sites (tertiary alicyclic amines) is 1. The molecule has 4 rings (SSSR count). The molecule has 2 heteroatoms. The number of hydrogen-bond donors (Lipinski definition) is 0. The Morgan fingerprint density at radius 2 is 2.14 bits per heavy atom. The van der Waals surface area contributed by atoms with Gasteiger partial charge in [-0.25, -0.2) is 0 Å². The van der Waals surface area contributed by atoms with Crippen molar-refractivity contribution < 1.29 is 0 Å². The first kappa shape index (κ1) is 14.3. The van der Waals surface area contributed by atoms with Crippen molar-refractivity contribution in [3.8, 4) is 0 Å². The predicted molar refractivity (Wildman–Crippen MR) is 88.4 cm³/mol. The van der Waals surface area contributed by atoms with E-state index in [0.717, 1.165) is 23.9 Å². The van der Waals surface area contributed by atoms with Gasteiger partial charge in [-0.05, 0) is 70.0 Å². The molecule has 4 atom stereocenters. The van der Waals surface area contributed by atoms with E-state index < -0.39 is 0 Å². The number of unbranched alkanes of at least 4 members (excludes halogenated alkanes) is 1. The quantitative estimate of drug-likeness (QED) is 0.731. The Balaban J connectivity index is 1.57. The highest BCUT2D eigenvalue weighted by molar-refractivity contribution is 5.24. The van der Waals surface area contributed by atoms with E-state index in [1.54, 1.807) is 0 Å². The van der Waals surface area contributed by atoms with Gasteiger partial charge >= 0.3 is 0 Å². The minimum atomic E-state index is 0.810. The molecule has 0 aromatic rings. The fourth-order valence-electron chi connectivity index (χ4n) is 5.70. The van der Waals surface area contributed by atoms with Gasteiger partial charge in [0.1, 0.15) is 0 Å². The van der Waals surface area contributed by atoms with Gasteiger partial charge in [-0.3, -0.25) is 9.80 Å². The SMILES string of the molecule is CCCCN1CCCC2=C[C@H]3C[C@H](CN4CCCC[C@H]34)[C@@H]21. The molecule has 3 saturated heterocycles. The van der Waals surface area contributed by atoms with Crippen molar-refractivity contribution in [2.24, 2.45) is 11.8 Å². The summed E-state index contributed by atoms with van der Waals surface area (Å²) < 4.78 is 0. The number of rotatable bonds is 3. The molecule has 0 saturated carbocycles. The molecule has 3 fully saturated rings. The van der Waals surface area contributed by atoms with Crippen LogP contribution in [0.2, 0.25) is 0 Å². The maximum absolute atomic E-state index is 2.86. The van der Waals surface area contributed by atoms with Crippen LogP contribution in [0.15, 0.2) is 11.6 Å². The van der Waals surface area contributed by atoms with Crippen LogP contribution < -0.4 is 0 Å². The second kappa shape index (κ2) is 6.04. The molecule has 0 aromatic heterocycles. The first-order valence-electron chi connectivity index (χ1n) is 9.55. The number of piperidine rings is 3. The van der Waals surface area contributed by atoms with E-state index in [-0.39, 0.29) is 0 Å². The maximum atomic E-state index is 2.86. The van der Waals surface area contributed by atoms with Crippen molar-refractivity contribution in [3.63, 3.8) is 0 Å². The molecule has 0 amide bonds. The van der Waals surface area contributed by atoms with Gasteiger partial charge in [0.25, 0.3) is 0 Å². The molecule has 3 aliphatic heterocycles. The smallest absolute Gasteiger partial charge is 0.0348 e. The Morgan fingerprint density at radius 3 is 3.05 bits per heavy atom. The molecule has 2 nitrogen and oxygen atoms in total. The summed E-state index contributed by atoms with van der Waals surface area (Å²) in [5, 5.41) is 0. The lowest BCUT2D eigenvalue weighted by molar-refractivity contribution is -0.000879. The molecular formula is C19H32N2. The molecule has 1 aliphatic carbocycles. The highest BCUT2D eigenvalue weighted by Crippen LogP contribution is 2.44. The molecule has 2 bridgehead atoms. The van der Waals surface area contributed by atoms with Crippen LogP contribution >= 0.6 is 0 Å². The van der Waals surface area contributed by atoms with Gasteiger partial charge in [0.2, 0.25) is 0 Å². The zero-order chi connectivity index (χ0) is 14.2. The predicted octanol–water partition coefficient (Wildman–Crippen LogP) is 3.68. The van der Waals surface area contributed by atoms with E-state index >= 15 is 0 Å². The number of fused-ring (bicyclic) bond motifs is 6. The van der Waals surface area contributed by atoms with Gasteiger partial charge in [-0.1, -0.05) is 31.4 Å². The first-order chi connectivity index (χ1) is 10.4. The number of nitrogens with zero attached hydrogens (tertiary/aromatic N) is 2. The normalized spacial score (nSPS) is 40.3. The average molecular weight is 288 g/mol. The van der Waals surface area contributed by atoms with Crippen LogP contribution in [-0.2, 0) is 0 Å². The topological polar surface area (TPSA) is 6.48 Å². The fraction of sp³-hybridized carbons (Fsp3) is 0.895. The molecule has 118 valence electrons. The second-order valence-corrected chi connectivity index (χ2v) is 7.90. The van der Waals surface area contributed by atoms with Gasteiger partial charge in [0.05, 0.1) is 0 Å². The average Bonchev–Trinajstić information content (AvgIpc) is 2.53. The standard InChI is InChI=1S/C19H32N2/c1-2-3-9-20-11-6-7-15-12-16-13-17(19(15)20)14-21-10-5-4-8-18(16)21/h12,16-19H,2-11,13-14H2,1H3/t16-,17+,18+,19+/m0/s1. The largest absolute Gasteiger partial charge is 0.299 e. The summed E-state index contributed by atoms with van der Waals surface area (Å²) in [5.41, 5.74) is 1.84. The first-order valence-corrected chi connectivity index (χ1v) is 9.55. The Hall–Kier alpha value is -0.340. The molecule has 0 N–H and O–H groups in total. The lowest BCUT2D eigenvalue weighted by Crippen LogP contribution is -2.59. The summed E-state index contributed by atoms with van der Waals surface area (Å²) in [4.78, 5) is 5.71. The van der Waals surface area contributed by atoms with Gasteiger partial charge < -0.3 is 0 Å². The summed E-state index contributed by atoms with van der Waals surface area (Å²) in [6.07, 6.45) is 14.1. The summed E-state index contributed by atoms with van der Waals surface area (Å²) in [6.45, 7) is 7.79. The van der Waals surface area contributed by atoms with E-state index in [2.05, 4.69) is 22.8 Å². The number of hydrogen-bond acceptors (Lipinski definition) is 2. The van der Waals surface area contributed by atoms with Crippen molar-refractivity contribution in [1.29, 1.82) is 0 Å². The van der Waals surface area contributed by atoms with Gasteiger partial charge in [-0.15, -0.1) is 0 Å². The zero-order valence-electron chi connectivity index (χ0n) is 13.8. The van der Waals surface area contributed by atoms with E-state index in [1.165, 1.54) is 77.5 Å². The van der Waals surface area contributed by atoms with Crippen LogP contribution in [-0.4, -0.2) is 48.1 Å². The van der Waals surface area contributed by atoms with Crippen molar-refractivity contribution in [3.05, 3.63) is 11.6 Å². The minimum absolute atomic E-state index is 0.810. The molecule has 3 heterocycles. The molecule has 0 aromatic carbocycles.